The van der Waals surface area contributed by atoms with Crippen molar-refractivity contribution < 1.29 is 49.3 Å². The molecule has 0 spiro atoms. The highest BCUT2D eigenvalue weighted by atomic mass is 16.7. The quantitative estimate of drug-likeness (QED) is 0.0195. The van der Waals surface area contributed by atoms with Gasteiger partial charge in [0.1, 0.15) is 24.4 Å². The molecule has 1 rings (SSSR count). The van der Waals surface area contributed by atoms with Crippen molar-refractivity contribution in [1.82, 2.24) is 5.32 Å². The molecule has 0 saturated carbocycles. The predicted octanol–water partition coefficient (Wildman–Crippen LogP) is 16.6. The van der Waals surface area contributed by atoms with E-state index in [1.165, 1.54) is 205 Å². The number of aliphatic hydroxyl groups is 5. The second-order valence-corrected chi connectivity index (χ2v) is 23.6. The summed E-state index contributed by atoms with van der Waals surface area (Å²) in [5.74, 6) is -1.19. The van der Waals surface area contributed by atoms with Crippen LogP contribution in [0.1, 0.15) is 323 Å². The predicted molar refractivity (Wildman–Crippen MR) is 329 cm³/mol. The first-order valence-electron chi connectivity index (χ1n) is 33.8. The number of hydrogen-bond acceptors (Lipinski definition) is 10. The van der Waals surface area contributed by atoms with E-state index in [1.807, 2.05) is 6.08 Å². The molecule has 11 heteroatoms. The molecule has 0 aromatic rings. The van der Waals surface area contributed by atoms with E-state index in [4.69, 9.17) is 14.2 Å². The van der Waals surface area contributed by atoms with Gasteiger partial charge in [0, 0.05) is 6.42 Å². The highest BCUT2D eigenvalue weighted by molar-refractivity contribution is 5.80. The molecule has 1 aliphatic rings. The summed E-state index contributed by atoms with van der Waals surface area (Å²) in [7, 11) is 0. The standard InChI is InChI=1S/C68H127NO10/c1-4-7-10-13-16-19-22-24-26-28-30-31-32-34-36-38-41-44-47-50-53-56-63(73)79-66-65(75)64(74)62(57-70)78-68(66)77-58-59(60(71)54-51-48-45-42-39-21-18-15-12-9-6-3)69-67(76)61(72)55-52-49-46-43-40-37-35-33-29-27-25-23-20-17-14-11-8-5-2/h17,20,25,27,51,54,59-62,64-66,68,70-72,74-75H,4-16,18-19,21-24,26,28-50,52-53,55-58H2,1-3H3,(H,69,76)/b20-17-,27-25-,54-51+. The Hall–Kier alpha value is -2.12. The maximum atomic E-state index is 13.4. The number of carbonyl (C=O) groups is 2. The van der Waals surface area contributed by atoms with Gasteiger partial charge in [-0.1, -0.05) is 295 Å². The molecule has 0 bridgehead atoms. The van der Waals surface area contributed by atoms with E-state index in [1.54, 1.807) is 6.08 Å². The number of amides is 1. The molecule has 0 radical (unpaired) electrons. The Bertz CT molecular complexity index is 1420. The minimum atomic E-state index is -1.61. The molecule has 1 amide bonds. The first-order valence-corrected chi connectivity index (χ1v) is 33.8. The number of nitrogens with one attached hydrogen (secondary N) is 1. The summed E-state index contributed by atoms with van der Waals surface area (Å²) >= 11 is 0. The van der Waals surface area contributed by atoms with Crippen molar-refractivity contribution >= 4 is 11.9 Å². The highest BCUT2D eigenvalue weighted by Crippen LogP contribution is 2.26. The van der Waals surface area contributed by atoms with Crippen LogP contribution in [0.25, 0.3) is 0 Å². The van der Waals surface area contributed by atoms with Crippen molar-refractivity contribution in [1.29, 1.82) is 0 Å². The van der Waals surface area contributed by atoms with Gasteiger partial charge in [0.25, 0.3) is 0 Å². The van der Waals surface area contributed by atoms with E-state index in [0.29, 0.717) is 12.8 Å². The maximum absolute atomic E-state index is 13.4. The van der Waals surface area contributed by atoms with E-state index < -0.39 is 67.4 Å². The summed E-state index contributed by atoms with van der Waals surface area (Å²) in [4.78, 5) is 26.6. The number of rotatable bonds is 58. The smallest absolute Gasteiger partial charge is 0.306 e. The summed E-state index contributed by atoms with van der Waals surface area (Å²) in [5, 5.41) is 57.1. The maximum Gasteiger partial charge on any atom is 0.306 e. The van der Waals surface area contributed by atoms with E-state index in [-0.39, 0.29) is 19.4 Å². The summed E-state index contributed by atoms with van der Waals surface area (Å²) in [6.07, 6.45) is 57.6. The Morgan fingerprint density at radius 2 is 0.873 bits per heavy atom. The number of esters is 1. The van der Waals surface area contributed by atoms with Crippen LogP contribution in [0.2, 0.25) is 0 Å². The second-order valence-electron chi connectivity index (χ2n) is 23.6. The molecule has 0 aromatic carbocycles. The van der Waals surface area contributed by atoms with E-state index in [9.17, 15) is 35.1 Å². The van der Waals surface area contributed by atoms with Gasteiger partial charge in [-0.15, -0.1) is 0 Å². The number of aliphatic hydroxyl groups excluding tert-OH is 5. The molecule has 1 saturated heterocycles. The lowest BCUT2D eigenvalue weighted by molar-refractivity contribution is -0.305. The molecule has 464 valence electrons. The summed E-state index contributed by atoms with van der Waals surface area (Å²) in [5.41, 5.74) is 0. The van der Waals surface area contributed by atoms with Crippen LogP contribution >= 0.6 is 0 Å². The monoisotopic (exact) mass is 1120 g/mol. The van der Waals surface area contributed by atoms with Gasteiger partial charge in [-0.2, -0.15) is 0 Å². The Kier molecular flexibility index (Phi) is 53.4. The van der Waals surface area contributed by atoms with Crippen LogP contribution in [0.4, 0.5) is 0 Å². The Balaban J connectivity index is 2.59. The van der Waals surface area contributed by atoms with Crippen LogP contribution in [0.5, 0.6) is 0 Å². The summed E-state index contributed by atoms with van der Waals surface area (Å²) in [6, 6.07) is -1.02. The molecular weight excluding hydrogens is 991 g/mol. The van der Waals surface area contributed by atoms with Gasteiger partial charge in [-0.05, 0) is 57.8 Å². The number of ether oxygens (including phenoxy) is 3. The number of unbranched alkanes of at least 4 members (excludes halogenated alkanes) is 40. The topological polar surface area (TPSA) is 175 Å². The van der Waals surface area contributed by atoms with Crippen molar-refractivity contribution in [3.05, 3.63) is 36.5 Å². The molecular formula is C68H127NO10. The zero-order valence-electron chi connectivity index (χ0n) is 51.5. The van der Waals surface area contributed by atoms with Crippen molar-refractivity contribution in [2.45, 2.75) is 372 Å². The van der Waals surface area contributed by atoms with Crippen LogP contribution in [0.15, 0.2) is 36.5 Å². The highest BCUT2D eigenvalue weighted by Gasteiger charge is 2.47. The van der Waals surface area contributed by atoms with Gasteiger partial charge in [0.2, 0.25) is 5.91 Å². The largest absolute Gasteiger partial charge is 0.454 e. The number of carbonyl (C=O) groups excluding carboxylic acids is 2. The fourth-order valence-electron chi connectivity index (χ4n) is 10.7. The van der Waals surface area contributed by atoms with Gasteiger partial charge >= 0.3 is 5.97 Å². The Morgan fingerprint density at radius 3 is 1.32 bits per heavy atom. The summed E-state index contributed by atoms with van der Waals surface area (Å²) in [6.45, 7) is 5.80. The molecule has 0 aromatic heterocycles. The molecule has 8 unspecified atom stereocenters. The minimum Gasteiger partial charge on any atom is -0.454 e. The van der Waals surface area contributed by atoms with Gasteiger partial charge in [0.15, 0.2) is 12.4 Å². The first kappa shape index (κ1) is 74.9. The van der Waals surface area contributed by atoms with Crippen molar-refractivity contribution in [3.8, 4) is 0 Å². The van der Waals surface area contributed by atoms with Crippen LogP contribution in [-0.4, -0.2) is 99.6 Å². The average Bonchev–Trinajstić information content (AvgIpc) is 3.45. The summed E-state index contributed by atoms with van der Waals surface area (Å²) < 4.78 is 17.7. The molecule has 0 aliphatic carbocycles. The number of allylic oxidation sites excluding steroid dienone is 5. The van der Waals surface area contributed by atoms with Crippen LogP contribution < -0.4 is 5.32 Å². The molecule has 1 fully saturated rings. The average molecular weight is 1120 g/mol. The number of hydrogen-bond donors (Lipinski definition) is 6. The van der Waals surface area contributed by atoms with Crippen LogP contribution in [-0.2, 0) is 23.8 Å². The lowest BCUT2D eigenvalue weighted by Gasteiger charge is -2.41. The Labute approximate surface area is 485 Å². The van der Waals surface area contributed by atoms with Crippen molar-refractivity contribution in [2.75, 3.05) is 13.2 Å². The van der Waals surface area contributed by atoms with Gasteiger partial charge in [-0.3, -0.25) is 9.59 Å². The molecule has 11 nitrogen and oxygen atoms in total. The van der Waals surface area contributed by atoms with Crippen LogP contribution in [0, 0.1) is 0 Å². The first-order chi connectivity index (χ1) is 38.7. The van der Waals surface area contributed by atoms with E-state index >= 15 is 0 Å². The molecule has 1 heterocycles. The molecule has 8 atom stereocenters. The lowest BCUT2D eigenvalue weighted by Crippen LogP contribution is -2.61. The van der Waals surface area contributed by atoms with E-state index in [0.717, 1.165) is 70.6 Å². The zero-order valence-corrected chi connectivity index (χ0v) is 51.5. The molecule has 1 aliphatic heterocycles. The molecule has 6 N–H and O–H groups in total. The third-order valence-corrected chi connectivity index (χ3v) is 16.0. The third kappa shape index (κ3) is 44.1. The second kappa shape index (κ2) is 56.4. The Morgan fingerprint density at radius 1 is 0.494 bits per heavy atom. The van der Waals surface area contributed by atoms with Gasteiger partial charge in [0.05, 0.1) is 25.4 Å². The van der Waals surface area contributed by atoms with Crippen molar-refractivity contribution in [2.24, 2.45) is 0 Å². The minimum absolute atomic E-state index is 0.128. The van der Waals surface area contributed by atoms with Gasteiger partial charge in [-0.25, -0.2) is 0 Å². The lowest BCUT2D eigenvalue weighted by atomic mass is 9.99. The molecule has 79 heavy (non-hydrogen) atoms. The zero-order chi connectivity index (χ0) is 57.5. The fourth-order valence-corrected chi connectivity index (χ4v) is 10.7. The fraction of sp³-hybridized carbons (Fsp3) is 0.882. The van der Waals surface area contributed by atoms with Crippen molar-refractivity contribution in [3.63, 3.8) is 0 Å². The SMILES string of the molecule is CCCCC/C=C\C/C=C\CCCCCCCCCCC(O)C(=O)NC(COC1OC(CO)C(O)C(O)C1OC(=O)CCCCCCCCCCCCCCCCCCCCCCC)C(O)/C=C/CCCCCCCCCCC. The third-order valence-electron chi connectivity index (χ3n) is 16.0. The van der Waals surface area contributed by atoms with Crippen LogP contribution in [0.3, 0.4) is 0 Å². The normalized spacial score (nSPS) is 19.0. The van der Waals surface area contributed by atoms with E-state index in [2.05, 4.69) is 50.4 Å². The van der Waals surface area contributed by atoms with Gasteiger partial charge < -0.3 is 45.1 Å².